The predicted octanol–water partition coefficient (Wildman–Crippen LogP) is 1.79. The molecule has 0 atom stereocenters. The Kier molecular flexibility index (Phi) is 3.48. The van der Waals surface area contributed by atoms with Crippen LogP contribution in [0.25, 0.3) is 0 Å². The number of amides is 1. The Labute approximate surface area is 95.7 Å². The number of carbonyl (C=O) groups is 1. The van der Waals surface area contributed by atoms with E-state index in [-0.39, 0.29) is 4.60 Å². The minimum absolute atomic E-state index is 0.249. The normalized spacial score (nSPS) is 10.5. The zero-order valence-corrected chi connectivity index (χ0v) is 9.07. The monoisotopic (exact) mass is 295 g/mol. The maximum Gasteiger partial charge on any atom is 0.297 e. The minimum Gasteiger partial charge on any atom is -0.365 e. The third-order valence-corrected chi connectivity index (χ3v) is 2.31. The molecule has 0 aliphatic heterocycles. The Morgan fingerprint density at radius 1 is 1.62 bits per heavy atom. The summed E-state index contributed by atoms with van der Waals surface area (Å²) in [5.41, 5.74) is 2.21. The average molecular weight is 296 g/mol. The van der Waals surface area contributed by atoms with E-state index in [1.807, 2.05) is 0 Å². The molecule has 6 nitrogen and oxygen atoms in total. The van der Waals surface area contributed by atoms with Gasteiger partial charge in [-0.2, -0.15) is 0 Å². The number of carbonyl (C=O) groups excluding carboxylic acids is 1. The number of hydrogen-bond acceptors (Lipinski definition) is 4. The van der Waals surface area contributed by atoms with Crippen molar-refractivity contribution in [3.63, 3.8) is 0 Å². The second-order valence-electron chi connectivity index (χ2n) is 2.64. The van der Waals surface area contributed by atoms with Crippen molar-refractivity contribution in [3.05, 3.63) is 32.0 Å². The number of nitrogens with two attached hydrogens (primary N) is 1. The lowest BCUT2D eigenvalue weighted by Crippen LogP contribution is -2.17. The highest BCUT2D eigenvalue weighted by Gasteiger charge is 2.30. The number of aromatic nitrogens is 1. The van der Waals surface area contributed by atoms with Crippen molar-refractivity contribution in [1.82, 2.24) is 4.98 Å². The van der Waals surface area contributed by atoms with Crippen molar-refractivity contribution >= 4 is 27.5 Å². The molecule has 0 spiro atoms. The minimum atomic E-state index is -3.19. The number of rotatable bonds is 3. The first-order valence-electron chi connectivity index (χ1n) is 3.77. The van der Waals surface area contributed by atoms with E-state index in [9.17, 15) is 23.7 Å². The summed E-state index contributed by atoms with van der Waals surface area (Å²) in [6.07, 6.45) is -2.56. The molecule has 0 saturated heterocycles. The molecule has 0 bridgehead atoms. The van der Waals surface area contributed by atoms with Crippen LogP contribution < -0.4 is 5.73 Å². The van der Waals surface area contributed by atoms with Crippen LogP contribution in [-0.4, -0.2) is 15.8 Å². The first kappa shape index (κ1) is 12.4. The van der Waals surface area contributed by atoms with Gasteiger partial charge < -0.3 is 5.73 Å². The van der Waals surface area contributed by atoms with Gasteiger partial charge in [0.2, 0.25) is 0 Å². The number of alkyl halides is 2. The maximum atomic E-state index is 12.6. The number of nitro groups is 1. The van der Waals surface area contributed by atoms with Gasteiger partial charge in [-0.3, -0.25) is 14.9 Å². The third kappa shape index (κ3) is 2.13. The number of hydrogen-bond donors (Lipinski definition) is 1. The zero-order chi connectivity index (χ0) is 12.5. The quantitative estimate of drug-likeness (QED) is 0.522. The fraction of sp³-hybridized carbons (Fsp3) is 0.143. The van der Waals surface area contributed by atoms with Crippen molar-refractivity contribution in [3.8, 4) is 0 Å². The van der Waals surface area contributed by atoms with Gasteiger partial charge in [0.25, 0.3) is 18.0 Å². The van der Waals surface area contributed by atoms with Crippen molar-refractivity contribution in [1.29, 1.82) is 0 Å². The summed E-state index contributed by atoms with van der Waals surface area (Å²) in [5, 5.41) is 10.5. The smallest absolute Gasteiger partial charge is 0.297 e. The van der Waals surface area contributed by atoms with Crippen LogP contribution in [0.1, 0.15) is 22.3 Å². The van der Waals surface area contributed by atoms with Crippen LogP contribution in [0.3, 0.4) is 0 Å². The van der Waals surface area contributed by atoms with Gasteiger partial charge in [0.05, 0.1) is 10.5 Å². The lowest BCUT2D eigenvalue weighted by atomic mass is 10.1. The Balaban J connectivity index is 3.63. The first-order chi connectivity index (χ1) is 7.36. The molecule has 0 aromatic carbocycles. The molecule has 0 fully saturated rings. The molecule has 0 unspecified atom stereocenters. The summed E-state index contributed by atoms with van der Waals surface area (Å²) >= 11 is 2.73. The number of pyridine rings is 1. The van der Waals surface area contributed by atoms with E-state index in [2.05, 4.69) is 20.9 Å². The van der Waals surface area contributed by atoms with Gasteiger partial charge in [-0.05, 0) is 15.9 Å². The summed E-state index contributed by atoms with van der Waals surface area (Å²) in [6.45, 7) is 0. The van der Waals surface area contributed by atoms with E-state index in [1.165, 1.54) is 0 Å². The van der Waals surface area contributed by atoms with E-state index in [0.717, 1.165) is 0 Å². The van der Waals surface area contributed by atoms with E-state index in [0.29, 0.717) is 6.20 Å². The van der Waals surface area contributed by atoms with Crippen molar-refractivity contribution in [2.24, 2.45) is 5.73 Å². The molecule has 16 heavy (non-hydrogen) atoms. The fourth-order valence-electron chi connectivity index (χ4n) is 1.09. The molecule has 0 aliphatic rings. The molecule has 1 heterocycles. The van der Waals surface area contributed by atoms with Crippen LogP contribution in [0.2, 0.25) is 0 Å². The lowest BCUT2D eigenvalue weighted by molar-refractivity contribution is -0.386. The average Bonchev–Trinajstić information content (AvgIpc) is 2.15. The van der Waals surface area contributed by atoms with Gasteiger partial charge in [0.15, 0.2) is 0 Å². The molecule has 9 heteroatoms. The zero-order valence-electron chi connectivity index (χ0n) is 7.49. The highest BCUT2D eigenvalue weighted by molar-refractivity contribution is 9.10. The van der Waals surface area contributed by atoms with Gasteiger partial charge in [-0.1, -0.05) is 0 Å². The van der Waals surface area contributed by atoms with Crippen molar-refractivity contribution < 1.29 is 18.5 Å². The van der Waals surface area contributed by atoms with Crippen LogP contribution in [-0.2, 0) is 0 Å². The predicted molar refractivity (Wildman–Crippen MR) is 52.1 cm³/mol. The highest BCUT2D eigenvalue weighted by Crippen LogP contribution is 2.34. The largest absolute Gasteiger partial charge is 0.365 e. The summed E-state index contributed by atoms with van der Waals surface area (Å²) in [7, 11) is 0. The van der Waals surface area contributed by atoms with Gasteiger partial charge in [-0.25, -0.2) is 13.8 Å². The first-order valence-corrected chi connectivity index (χ1v) is 4.56. The van der Waals surface area contributed by atoms with E-state index in [1.54, 1.807) is 0 Å². The molecule has 0 saturated carbocycles. The van der Waals surface area contributed by atoms with E-state index in [4.69, 9.17) is 5.73 Å². The molecule has 2 N–H and O–H groups in total. The van der Waals surface area contributed by atoms with Gasteiger partial charge >= 0.3 is 0 Å². The standard InChI is InChI=1S/C7H4BrF2N3O3/c8-5-4(7(11)14)3(6(9)10)2(1-12-5)13(15)16/h1,6H,(H2,11,14). The maximum absolute atomic E-state index is 12.6. The molecular weight excluding hydrogens is 292 g/mol. The Bertz CT molecular complexity index is 466. The lowest BCUT2D eigenvalue weighted by Gasteiger charge is -2.07. The van der Waals surface area contributed by atoms with Crippen LogP contribution in [0, 0.1) is 10.1 Å². The molecule has 1 aromatic rings. The Morgan fingerprint density at radius 3 is 2.56 bits per heavy atom. The summed E-state index contributed by atoms with van der Waals surface area (Å²) < 4.78 is 25.0. The Hall–Kier alpha value is -1.64. The Morgan fingerprint density at radius 2 is 2.19 bits per heavy atom. The number of halogens is 3. The van der Waals surface area contributed by atoms with Gasteiger partial charge in [0, 0.05) is 0 Å². The second-order valence-corrected chi connectivity index (χ2v) is 3.40. The molecule has 0 aliphatic carbocycles. The second kappa shape index (κ2) is 4.47. The molecular formula is C7H4BrF2N3O3. The van der Waals surface area contributed by atoms with Gasteiger partial charge in [0.1, 0.15) is 16.4 Å². The molecule has 86 valence electrons. The summed E-state index contributed by atoms with van der Waals surface area (Å²) in [5.74, 6) is -1.21. The highest BCUT2D eigenvalue weighted by atomic mass is 79.9. The number of primary amides is 1. The third-order valence-electron chi connectivity index (χ3n) is 1.71. The van der Waals surface area contributed by atoms with Crippen molar-refractivity contribution in [2.45, 2.75) is 6.43 Å². The van der Waals surface area contributed by atoms with Crippen LogP contribution in [0.4, 0.5) is 14.5 Å². The number of nitrogens with zero attached hydrogens (tertiary/aromatic N) is 2. The molecule has 1 aromatic heterocycles. The van der Waals surface area contributed by atoms with Gasteiger partial charge in [-0.15, -0.1) is 0 Å². The SMILES string of the molecule is NC(=O)c1c(Br)ncc([N+](=O)[O-])c1C(F)F. The van der Waals surface area contributed by atoms with Crippen LogP contribution in [0.5, 0.6) is 0 Å². The summed E-state index contributed by atoms with van der Waals surface area (Å²) in [6, 6.07) is 0. The molecule has 1 amide bonds. The van der Waals surface area contributed by atoms with Crippen LogP contribution >= 0.6 is 15.9 Å². The molecule has 0 radical (unpaired) electrons. The van der Waals surface area contributed by atoms with Crippen LogP contribution in [0.15, 0.2) is 10.8 Å². The fourth-order valence-corrected chi connectivity index (χ4v) is 1.60. The van der Waals surface area contributed by atoms with Crippen molar-refractivity contribution in [2.75, 3.05) is 0 Å². The summed E-state index contributed by atoms with van der Waals surface area (Å²) in [4.78, 5) is 23.8. The topological polar surface area (TPSA) is 99.1 Å². The van der Waals surface area contributed by atoms with E-state index < -0.39 is 34.1 Å². The molecule has 1 rings (SSSR count). The van der Waals surface area contributed by atoms with E-state index >= 15 is 0 Å².